The average molecular weight is 664 g/mol. The normalized spacial score (nSPS) is 15.6. The van der Waals surface area contributed by atoms with Gasteiger partial charge in [0.05, 0.1) is 20.6 Å². The second-order valence-electron chi connectivity index (χ2n) is 12.0. The molecule has 0 fully saturated rings. The van der Waals surface area contributed by atoms with Gasteiger partial charge in [0.15, 0.2) is 0 Å². The standard InChI is InChI=1S/C50H32O/c1-3-12-33(13-4-1)35-22-24-36(25-23-35)37-26-28-38(29-27-37)48-40-16-7-9-18-42(40)49(43-19-10-8-17-41(43)48)45-20-11-21-46-50(45)44-31-30-39(32-47(44)51-46)34-14-5-2-6-15-34/h1-32H/i2D,5D,6D,11D,14D,15D,20D,21D,26D,27D,28D,29D,30D,31D,32D. The van der Waals surface area contributed by atoms with Gasteiger partial charge in [0.2, 0.25) is 0 Å². The fourth-order valence-electron chi connectivity index (χ4n) is 6.84. The van der Waals surface area contributed by atoms with Crippen LogP contribution in [0.25, 0.3) is 99.1 Å². The lowest BCUT2D eigenvalue weighted by Gasteiger charge is -2.18. The van der Waals surface area contributed by atoms with Crippen molar-refractivity contribution in [2.24, 2.45) is 0 Å². The summed E-state index contributed by atoms with van der Waals surface area (Å²) in [5.74, 6) is 0. The lowest BCUT2D eigenvalue weighted by Crippen LogP contribution is -1.91. The zero-order chi connectivity index (χ0) is 46.8. The first kappa shape index (κ1) is 17.8. The van der Waals surface area contributed by atoms with Crippen molar-refractivity contribution in [3.05, 3.63) is 194 Å². The number of furan rings is 1. The summed E-state index contributed by atoms with van der Waals surface area (Å²) >= 11 is 0. The molecule has 0 aliphatic heterocycles. The molecule has 0 bridgehead atoms. The molecule has 0 saturated heterocycles. The van der Waals surface area contributed by atoms with Crippen LogP contribution in [0.2, 0.25) is 0 Å². The average Bonchev–Trinajstić information content (AvgIpc) is 3.74. The maximum Gasteiger partial charge on any atom is 0.136 e. The predicted molar refractivity (Wildman–Crippen MR) is 216 cm³/mol. The Hall–Kier alpha value is -6.70. The molecular formula is C50H32O. The van der Waals surface area contributed by atoms with E-state index in [0.717, 1.165) is 11.1 Å². The second kappa shape index (κ2) is 12.0. The maximum atomic E-state index is 9.49. The minimum Gasteiger partial charge on any atom is -0.456 e. The smallest absolute Gasteiger partial charge is 0.136 e. The molecule has 10 aromatic rings. The molecule has 1 heteroatoms. The minimum atomic E-state index is -0.700. The van der Waals surface area contributed by atoms with Crippen LogP contribution in [0.4, 0.5) is 0 Å². The molecule has 0 N–H and O–H groups in total. The van der Waals surface area contributed by atoms with E-state index in [1.54, 1.807) is 60.7 Å². The fourth-order valence-corrected chi connectivity index (χ4v) is 6.84. The summed E-state index contributed by atoms with van der Waals surface area (Å²) in [7, 11) is 0. The van der Waals surface area contributed by atoms with Crippen LogP contribution in [0.3, 0.4) is 0 Å². The fraction of sp³-hybridized carbons (Fsp3) is 0. The van der Waals surface area contributed by atoms with Crippen molar-refractivity contribution in [3.8, 4) is 55.6 Å². The van der Waals surface area contributed by atoms with Crippen LogP contribution in [-0.2, 0) is 0 Å². The van der Waals surface area contributed by atoms with Crippen molar-refractivity contribution < 1.29 is 25.0 Å². The Morgan fingerprint density at radius 1 is 0.333 bits per heavy atom. The van der Waals surface area contributed by atoms with Gasteiger partial charge >= 0.3 is 0 Å². The van der Waals surface area contributed by atoms with Crippen molar-refractivity contribution >= 4 is 43.5 Å². The molecule has 238 valence electrons. The first-order valence-corrected chi connectivity index (χ1v) is 16.3. The quantitative estimate of drug-likeness (QED) is 0.167. The Kier molecular flexibility index (Phi) is 4.19. The van der Waals surface area contributed by atoms with E-state index in [1.165, 1.54) is 0 Å². The van der Waals surface area contributed by atoms with Gasteiger partial charge < -0.3 is 4.42 Å². The van der Waals surface area contributed by atoms with Crippen molar-refractivity contribution in [1.82, 2.24) is 0 Å². The second-order valence-corrected chi connectivity index (χ2v) is 12.0. The van der Waals surface area contributed by atoms with Crippen molar-refractivity contribution in [2.45, 2.75) is 0 Å². The van der Waals surface area contributed by atoms with Gasteiger partial charge in [-0.1, -0.05) is 176 Å². The summed E-state index contributed by atoms with van der Waals surface area (Å²) in [5, 5.41) is 1.65. The van der Waals surface area contributed by atoms with E-state index in [2.05, 4.69) is 0 Å². The molecule has 10 rings (SSSR count). The van der Waals surface area contributed by atoms with Gasteiger partial charge in [0.25, 0.3) is 0 Å². The molecule has 1 heterocycles. The Morgan fingerprint density at radius 3 is 1.53 bits per heavy atom. The molecule has 0 aliphatic rings. The van der Waals surface area contributed by atoms with Crippen LogP contribution in [0.15, 0.2) is 198 Å². The summed E-state index contributed by atoms with van der Waals surface area (Å²) in [6.07, 6.45) is 0. The van der Waals surface area contributed by atoms with Gasteiger partial charge in [-0.05, 0) is 95.3 Å². The Bertz CT molecular complexity index is 3630. The highest BCUT2D eigenvalue weighted by molar-refractivity contribution is 6.25. The van der Waals surface area contributed by atoms with E-state index in [9.17, 15) is 11.0 Å². The van der Waals surface area contributed by atoms with E-state index in [0.29, 0.717) is 38.2 Å². The van der Waals surface area contributed by atoms with Crippen molar-refractivity contribution in [2.75, 3.05) is 0 Å². The summed E-state index contributed by atoms with van der Waals surface area (Å²) in [6, 6.07) is 23.2. The molecule has 0 amide bonds. The molecule has 0 atom stereocenters. The molecule has 0 saturated carbocycles. The molecule has 0 unspecified atom stereocenters. The molecule has 0 radical (unpaired) electrons. The summed E-state index contributed by atoms with van der Waals surface area (Å²) in [5.41, 5.74) is 1.78. The van der Waals surface area contributed by atoms with E-state index in [4.69, 9.17) is 14.0 Å². The first-order chi connectivity index (χ1) is 31.6. The van der Waals surface area contributed by atoms with Gasteiger partial charge in [0.1, 0.15) is 11.2 Å². The maximum absolute atomic E-state index is 9.49. The number of fused-ring (bicyclic) bond motifs is 5. The zero-order valence-electron chi connectivity index (χ0n) is 41.7. The lowest BCUT2D eigenvalue weighted by molar-refractivity contribution is 0.669. The largest absolute Gasteiger partial charge is 0.456 e. The first-order valence-electron chi connectivity index (χ1n) is 23.8. The van der Waals surface area contributed by atoms with Crippen LogP contribution in [0, 0.1) is 0 Å². The summed E-state index contributed by atoms with van der Waals surface area (Å²) in [6.45, 7) is 0. The summed E-state index contributed by atoms with van der Waals surface area (Å²) < 4.78 is 141. The van der Waals surface area contributed by atoms with Gasteiger partial charge in [-0.3, -0.25) is 0 Å². The van der Waals surface area contributed by atoms with Crippen LogP contribution in [0.5, 0.6) is 0 Å². The highest BCUT2D eigenvalue weighted by Gasteiger charge is 2.20. The van der Waals surface area contributed by atoms with Gasteiger partial charge in [0, 0.05) is 10.8 Å². The van der Waals surface area contributed by atoms with Crippen LogP contribution < -0.4 is 0 Å². The monoisotopic (exact) mass is 663 g/mol. The Morgan fingerprint density at radius 2 is 0.863 bits per heavy atom. The van der Waals surface area contributed by atoms with Gasteiger partial charge in [-0.2, -0.15) is 0 Å². The topological polar surface area (TPSA) is 13.1 Å². The molecule has 1 nitrogen and oxygen atoms in total. The lowest BCUT2D eigenvalue weighted by atomic mass is 9.84. The van der Waals surface area contributed by atoms with E-state index < -0.39 is 77.6 Å². The molecule has 0 spiro atoms. The SMILES string of the molecule is [2H]c1c([2H])c([2H])c(-c2c([2H])c([2H])c3c(oc4c([2H])c([2H])c([2H])c(-c5c6ccccc6c(-c6c([2H])c([2H])c(-c7ccc(-c8ccccc8)cc7)c([2H])c6[2H])c6ccccc56)c43)c2[2H])c([2H])c1[2H]. The minimum absolute atomic E-state index is 0.0226. The molecular weight excluding hydrogens is 617 g/mol. The van der Waals surface area contributed by atoms with Crippen LogP contribution >= 0.6 is 0 Å². The van der Waals surface area contributed by atoms with Crippen LogP contribution in [-0.4, -0.2) is 0 Å². The third-order valence-corrected chi connectivity index (χ3v) is 9.16. The highest BCUT2D eigenvalue weighted by Crippen LogP contribution is 2.47. The third kappa shape index (κ3) is 4.94. The number of hydrogen-bond acceptors (Lipinski definition) is 1. The summed E-state index contributed by atoms with van der Waals surface area (Å²) in [4.78, 5) is 0. The predicted octanol–water partition coefficient (Wildman–Crippen LogP) is 14.2. The Labute approximate surface area is 317 Å². The van der Waals surface area contributed by atoms with E-state index in [1.807, 2.05) is 42.5 Å². The molecule has 9 aromatic carbocycles. The number of hydrogen-bond donors (Lipinski definition) is 0. The number of benzene rings is 9. The van der Waals surface area contributed by atoms with Crippen molar-refractivity contribution in [3.63, 3.8) is 0 Å². The number of rotatable bonds is 5. The zero-order valence-corrected chi connectivity index (χ0v) is 26.7. The highest BCUT2D eigenvalue weighted by atomic mass is 16.3. The van der Waals surface area contributed by atoms with Gasteiger partial charge in [-0.25, -0.2) is 0 Å². The van der Waals surface area contributed by atoms with E-state index >= 15 is 0 Å². The molecule has 51 heavy (non-hydrogen) atoms. The Balaban J connectivity index is 1.27. The van der Waals surface area contributed by atoms with E-state index in [-0.39, 0.29) is 62.8 Å². The van der Waals surface area contributed by atoms with Crippen LogP contribution in [0.1, 0.15) is 20.6 Å². The molecule has 0 aliphatic carbocycles. The van der Waals surface area contributed by atoms with Gasteiger partial charge in [-0.15, -0.1) is 0 Å². The van der Waals surface area contributed by atoms with Crippen molar-refractivity contribution in [1.29, 1.82) is 0 Å². The molecule has 1 aromatic heterocycles. The third-order valence-electron chi connectivity index (χ3n) is 9.16.